The van der Waals surface area contributed by atoms with Gasteiger partial charge in [0.1, 0.15) is 0 Å². The Balaban J connectivity index is 2.61. The van der Waals surface area contributed by atoms with Gasteiger partial charge in [0.15, 0.2) is 0 Å². The smallest absolute Gasteiger partial charge is 0.411 e. The first-order valence-corrected chi connectivity index (χ1v) is 8.07. The molecule has 0 saturated heterocycles. The minimum absolute atomic E-state index is 0.0522. The lowest BCUT2D eigenvalue weighted by Crippen LogP contribution is -2.14. The number of benzene rings is 2. The van der Waals surface area contributed by atoms with Crippen molar-refractivity contribution in [2.24, 2.45) is 0 Å². The molecule has 0 aromatic heterocycles. The highest BCUT2D eigenvalue weighted by molar-refractivity contribution is 7.91. The van der Waals surface area contributed by atoms with Gasteiger partial charge in [0.25, 0.3) is 0 Å². The molecule has 23 heavy (non-hydrogen) atoms. The van der Waals surface area contributed by atoms with Crippen LogP contribution in [0.25, 0.3) is 0 Å². The highest BCUT2D eigenvalue weighted by atomic mass is 32.2. The Morgan fingerprint density at radius 3 is 2.39 bits per heavy atom. The molecule has 1 N–H and O–H groups in total. The van der Waals surface area contributed by atoms with Gasteiger partial charge >= 0.3 is 6.09 Å². The van der Waals surface area contributed by atoms with Crippen molar-refractivity contribution in [3.63, 3.8) is 0 Å². The van der Waals surface area contributed by atoms with Crippen LogP contribution in [0.5, 0.6) is 0 Å². The maximum Gasteiger partial charge on any atom is 0.411 e. The van der Waals surface area contributed by atoms with Crippen LogP contribution in [0.2, 0.25) is 0 Å². The minimum Gasteiger partial charge on any atom is -0.453 e. The number of hydrogen-bond donors (Lipinski definition) is 1. The molecule has 0 aliphatic rings. The first-order chi connectivity index (χ1) is 10.9. The predicted molar refractivity (Wildman–Crippen MR) is 83.8 cm³/mol. The Hall–Kier alpha value is -2.85. The van der Waals surface area contributed by atoms with E-state index in [1.54, 1.807) is 12.1 Å². The monoisotopic (exact) mass is 330 g/mol. The van der Waals surface area contributed by atoms with Crippen LogP contribution < -0.4 is 5.32 Å². The Morgan fingerprint density at radius 1 is 1.17 bits per heavy atom. The molecule has 0 radical (unpaired) electrons. The fraction of sp³-hybridized carbons (Fsp3) is 0.125. The molecule has 2 rings (SSSR count). The molecule has 6 nitrogen and oxygen atoms in total. The number of rotatable bonds is 3. The van der Waals surface area contributed by atoms with Crippen molar-refractivity contribution in [3.8, 4) is 6.07 Å². The van der Waals surface area contributed by atoms with Crippen molar-refractivity contribution in [2.45, 2.75) is 16.7 Å². The number of sulfone groups is 1. The second-order valence-corrected chi connectivity index (χ2v) is 6.67. The number of methoxy groups -OCH3 is 1. The van der Waals surface area contributed by atoms with Gasteiger partial charge in [-0.25, -0.2) is 13.2 Å². The van der Waals surface area contributed by atoms with Crippen LogP contribution in [0, 0.1) is 18.3 Å². The summed E-state index contributed by atoms with van der Waals surface area (Å²) in [6.07, 6.45) is -0.796. The van der Waals surface area contributed by atoms with E-state index >= 15 is 0 Å². The Labute approximate surface area is 134 Å². The minimum atomic E-state index is -3.89. The van der Waals surface area contributed by atoms with E-state index in [1.165, 1.54) is 37.4 Å². The lowest BCUT2D eigenvalue weighted by Gasteiger charge is -2.12. The van der Waals surface area contributed by atoms with Gasteiger partial charge in [-0.05, 0) is 37.3 Å². The third kappa shape index (κ3) is 3.49. The summed E-state index contributed by atoms with van der Waals surface area (Å²) >= 11 is 0. The lowest BCUT2D eigenvalue weighted by molar-refractivity contribution is 0.187. The van der Waals surface area contributed by atoms with E-state index in [1.807, 2.05) is 13.0 Å². The van der Waals surface area contributed by atoms with E-state index in [4.69, 9.17) is 5.26 Å². The van der Waals surface area contributed by atoms with Gasteiger partial charge < -0.3 is 4.74 Å². The van der Waals surface area contributed by atoms with Crippen LogP contribution in [0.3, 0.4) is 0 Å². The van der Waals surface area contributed by atoms with E-state index in [-0.39, 0.29) is 21.0 Å². The number of anilines is 1. The summed E-state index contributed by atoms with van der Waals surface area (Å²) in [5.74, 6) is 0. The third-order valence-electron chi connectivity index (χ3n) is 3.15. The van der Waals surface area contributed by atoms with Crippen molar-refractivity contribution in [3.05, 3.63) is 53.6 Å². The number of nitrogens with zero attached hydrogens (tertiary/aromatic N) is 1. The van der Waals surface area contributed by atoms with Gasteiger partial charge in [-0.3, -0.25) is 5.32 Å². The van der Waals surface area contributed by atoms with Crippen LogP contribution in [-0.2, 0) is 14.6 Å². The number of aryl methyl sites for hydroxylation is 1. The van der Waals surface area contributed by atoms with Crippen molar-refractivity contribution in [2.75, 3.05) is 12.4 Å². The van der Waals surface area contributed by atoms with E-state index in [9.17, 15) is 13.2 Å². The fourth-order valence-corrected chi connectivity index (χ4v) is 3.36. The molecule has 0 bridgehead atoms. The van der Waals surface area contributed by atoms with Crippen LogP contribution in [-0.4, -0.2) is 21.6 Å². The average Bonchev–Trinajstić information content (AvgIpc) is 2.55. The van der Waals surface area contributed by atoms with Crippen LogP contribution in [0.4, 0.5) is 10.5 Å². The van der Waals surface area contributed by atoms with Crippen LogP contribution >= 0.6 is 0 Å². The van der Waals surface area contributed by atoms with E-state index in [0.29, 0.717) is 0 Å². The molecule has 0 unspecified atom stereocenters. The third-order valence-corrected chi connectivity index (χ3v) is 4.96. The summed E-state index contributed by atoms with van der Waals surface area (Å²) in [7, 11) is -2.72. The Bertz CT molecular complexity index is 881. The maximum absolute atomic E-state index is 12.8. The molecule has 1 amide bonds. The average molecular weight is 330 g/mol. The molecule has 118 valence electrons. The first-order valence-electron chi connectivity index (χ1n) is 6.59. The lowest BCUT2D eigenvalue weighted by atomic mass is 10.2. The normalized spacial score (nSPS) is 10.7. The van der Waals surface area contributed by atoms with Crippen molar-refractivity contribution < 1.29 is 17.9 Å². The number of hydrogen-bond acceptors (Lipinski definition) is 5. The van der Waals surface area contributed by atoms with Crippen molar-refractivity contribution in [1.82, 2.24) is 0 Å². The zero-order valence-electron chi connectivity index (χ0n) is 12.5. The molecule has 2 aromatic carbocycles. The van der Waals surface area contributed by atoms with E-state index in [0.717, 1.165) is 5.56 Å². The van der Waals surface area contributed by atoms with E-state index in [2.05, 4.69) is 10.1 Å². The Kier molecular flexibility index (Phi) is 4.67. The molecule has 0 aliphatic heterocycles. The number of carbonyl (C=O) groups excluding carboxylic acids is 1. The molecule has 0 fully saturated rings. The SMILES string of the molecule is COC(=O)Nc1ccc(C#N)cc1S(=O)(=O)c1ccc(C)cc1. The number of nitriles is 1. The summed E-state index contributed by atoms with van der Waals surface area (Å²) in [6, 6.07) is 12.2. The summed E-state index contributed by atoms with van der Waals surface area (Å²) in [5, 5.41) is 11.3. The second kappa shape index (κ2) is 6.50. The quantitative estimate of drug-likeness (QED) is 0.933. The summed E-state index contributed by atoms with van der Waals surface area (Å²) in [6.45, 7) is 1.84. The first kappa shape index (κ1) is 16.5. The zero-order valence-corrected chi connectivity index (χ0v) is 13.3. The van der Waals surface area contributed by atoms with Gasteiger partial charge in [-0.2, -0.15) is 5.26 Å². The second-order valence-electron chi connectivity index (χ2n) is 4.76. The standard InChI is InChI=1S/C16H14N2O4S/c1-11-3-6-13(7-4-11)23(20,21)15-9-12(10-17)5-8-14(15)18-16(19)22-2/h3-9H,1-2H3,(H,18,19). The molecule has 0 saturated carbocycles. The van der Waals surface area contributed by atoms with Gasteiger partial charge in [-0.1, -0.05) is 17.7 Å². The van der Waals surface area contributed by atoms with Gasteiger partial charge in [-0.15, -0.1) is 0 Å². The molecule has 7 heteroatoms. The van der Waals surface area contributed by atoms with Crippen LogP contribution in [0.15, 0.2) is 52.3 Å². The molecule has 2 aromatic rings. The summed E-state index contributed by atoms with van der Waals surface area (Å²) in [5.41, 5.74) is 1.14. The predicted octanol–water partition coefficient (Wildman–Crippen LogP) is 2.88. The Morgan fingerprint density at radius 2 is 1.83 bits per heavy atom. The zero-order chi connectivity index (χ0) is 17.0. The number of ether oxygens (including phenoxy) is 1. The molecular formula is C16H14N2O4S. The summed E-state index contributed by atoms with van der Waals surface area (Å²) < 4.78 is 30.1. The van der Waals surface area contributed by atoms with Crippen molar-refractivity contribution >= 4 is 21.6 Å². The molecule has 0 heterocycles. The fourth-order valence-electron chi connectivity index (χ4n) is 1.92. The molecule has 0 aliphatic carbocycles. The number of carbonyl (C=O) groups is 1. The highest BCUT2D eigenvalue weighted by Crippen LogP contribution is 2.29. The largest absolute Gasteiger partial charge is 0.453 e. The van der Waals surface area contributed by atoms with Gasteiger partial charge in [0.2, 0.25) is 9.84 Å². The number of nitrogens with one attached hydrogen (secondary N) is 1. The summed E-state index contributed by atoms with van der Waals surface area (Å²) in [4.78, 5) is 11.3. The van der Waals surface area contributed by atoms with Gasteiger partial charge in [0.05, 0.1) is 34.2 Å². The number of amides is 1. The van der Waals surface area contributed by atoms with E-state index < -0.39 is 15.9 Å². The highest BCUT2D eigenvalue weighted by Gasteiger charge is 2.23. The van der Waals surface area contributed by atoms with Gasteiger partial charge in [0, 0.05) is 0 Å². The molecule has 0 spiro atoms. The van der Waals surface area contributed by atoms with Crippen LogP contribution in [0.1, 0.15) is 11.1 Å². The molecular weight excluding hydrogens is 316 g/mol. The topological polar surface area (TPSA) is 96.3 Å². The maximum atomic E-state index is 12.8. The molecule has 0 atom stereocenters. The van der Waals surface area contributed by atoms with Crippen molar-refractivity contribution in [1.29, 1.82) is 5.26 Å².